The van der Waals surface area contributed by atoms with E-state index in [2.05, 4.69) is 37.4 Å². The zero-order valence-electron chi connectivity index (χ0n) is 18.6. The maximum absolute atomic E-state index is 13.1. The van der Waals surface area contributed by atoms with Crippen LogP contribution < -0.4 is 5.32 Å². The molecule has 162 valence electrons. The van der Waals surface area contributed by atoms with Gasteiger partial charge >= 0.3 is 0 Å². The van der Waals surface area contributed by atoms with E-state index in [-0.39, 0.29) is 11.8 Å². The summed E-state index contributed by atoms with van der Waals surface area (Å²) in [5.41, 5.74) is 4.64. The molecule has 2 rings (SSSR count). The van der Waals surface area contributed by atoms with Gasteiger partial charge in [0.15, 0.2) is 0 Å². The summed E-state index contributed by atoms with van der Waals surface area (Å²) in [6.45, 7) is 9.10. The van der Waals surface area contributed by atoms with Gasteiger partial charge < -0.3 is 10.2 Å². The first kappa shape index (κ1) is 24.0. The second kappa shape index (κ2) is 12.4. The Kier molecular flexibility index (Phi) is 9.95. The molecule has 5 heteroatoms. The Morgan fingerprint density at radius 1 is 1.03 bits per heavy atom. The van der Waals surface area contributed by atoms with Gasteiger partial charge in [0.2, 0.25) is 11.8 Å². The average molecular weight is 427 g/mol. The first-order chi connectivity index (χ1) is 14.4. The van der Waals surface area contributed by atoms with Gasteiger partial charge in [-0.05, 0) is 38.3 Å². The molecule has 0 spiro atoms. The van der Waals surface area contributed by atoms with Crippen LogP contribution in [-0.2, 0) is 21.9 Å². The van der Waals surface area contributed by atoms with Gasteiger partial charge in [-0.15, -0.1) is 11.8 Å². The van der Waals surface area contributed by atoms with Crippen molar-refractivity contribution in [3.8, 4) is 0 Å². The average Bonchev–Trinajstić information content (AvgIpc) is 2.73. The van der Waals surface area contributed by atoms with Crippen molar-refractivity contribution >= 4 is 23.6 Å². The lowest BCUT2D eigenvalue weighted by Crippen LogP contribution is -2.48. The number of nitrogens with zero attached hydrogens (tertiary/aromatic N) is 1. The number of hydrogen-bond donors (Lipinski definition) is 1. The predicted molar refractivity (Wildman–Crippen MR) is 126 cm³/mol. The van der Waals surface area contributed by atoms with E-state index >= 15 is 0 Å². The molecule has 30 heavy (non-hydrogen) atoms. The third-order valence-electron chi connectivity index (χ3n) is 5.05. The van der Waals surface area contributed by atoms with Crippen molar-refractivity contribution in [1.82, 2.24) is 10.2 Å². The van der Waals surface area contributed by atoms with E-state index in [0.717, 1.165) is 24.2 Å². The van der Waals surface area contributed by atoms with E-state index in [1.54, 1.807) is 16.7 Å². The monoisotopic (exact) mass is 426 g/mol. The van der Waals surface area contributed by atoms with Crippen LogP contribution in [0.15, 0.2) is 48.5 Å². The van der Waals surface area contributed by atoms with Crippen LogP contribution in [-0.4, -0.2) is 35.1 Å². The Bertz CT molecular complexity index is 820. The van der Waals surface area contributed by atoms with E-state index in [1.807, 2.05) is 44.2 Å². The molecule has 0 saturated heterocycles. The first-order valence-corrected chi connectivity index (χ1v) is 11.8. The lowest BCUT2D eigenvalue weighted by Gasteiger charge is -2.29. The molecule has 0 radical (unpaired) electrons. The highest BCUT2D eigenvalue weighted by molar-refractivity contribution is 7.99. The lowest BCUT2D eigenvalue weighted by molar-refractivity contribution is -0.138. The highest BCUT2D eigenvalue weighted by Crippen LogP contribution is 2.17. The summed E-state index contributed by atoms with van der Waals surface area (Å²) in [7, 11) is 0. The molecule has 2 amide bonds. The van der Waals surface area contributed by atoms with Crippen LogP contribution in [0, 0.1) is 13.8 Å². The molecule has 0 aromatic heterocycles. The minimum absolute atomic E-state index is 0.00799. The molecule has 0 saturated carbocycles. The molecule has 0 heterocycles. The molecular formula is C25H34N2O2S. The van der Waals surface area contributed by atoms with Crippen molar-refractivity contribution in [3.05, 3.63) is 70.8 Å². The van der Waals surface area contributed by atoms with Gasteiger partial charge in [0.25, 0.3) is 0 Å². The third kappa shape index (κ3) is 7.86. The van der Waals surface area contributed by atoms with Crippen molar-refractivity contribution in [3.63, 3.8) is 0 Å². The minimum Gasteiger partial charge on any atom is -0.354 e. The fourth-order valence-corrected chi connectivity index (χ4v) is 4.01. The lowest BCUT2D eigenvalue weighted by atomic mass is 10.1. The summed E-state index contributed by atoms with van der Waals surface area (Å²) in [5, 5.41) is 2.96. The number of carbonyl (C=O) groups excluding carboxylic acids is 2. The van der Waals surface area contributed by atoms with Crippen molar-refractivity contribution in [2.45, 2.75) is 58.9 Å². The molecule has 0 aliphatic rings. The van der Waals surface area contributed by atoms with Crippen molar-refractivity contribution in [1.29, 1.82) is 0 Å². The summed E-state index contributed by atoms with van der Waals surface area (Å²) in [5.74, 6) is 1.04. The number of amides is 2. The van der Waals surface area contributed by atoms with Gasteiger partial charge in [-0.3, -0.25) is 9.59 Å². The smallest absolute Gasteiger partial charge is 0.242 e. The molecule has 0 unspecified atom stereocenters. The predicted octanol–water partition coefficient (Wildman–Crippen LogP) is 4.87. The fraction of sp³-hybridized carbons (Fsp3) is 0.440. The highest BCUT2D eigenvalue weighted by Gasteiger charge is 2.25. The maximum atomic E-state index is 13.1. The molecule has 2 aromatic rings. The first-order valence-electron chi connectivity index (χ1n) is 10.7. The Morgan fingerprint density at radius 2 is 1.77 bits per heavy atom. The van der Waals surface area contributed by atoms with Crippen molar-refractivity contribution in [2.24, 2.45) is 0 Å². The summed E-state index contributed by atoms with van der Waals surface area (Å²) in [6, 6.07) is 16.0. The molecule has 4 nitrogen and oxygen atoms in total. The van der Waals surface area contributed by atoms with E-state index in [0.29, 0.717) is 18.8 Å². The van der Waals surface area contributed by atoms with E-state index < -0.39 is 6.04 Å². The quantitative estimate of drug-likeness (QED) is 0.522. The van der Waals surface area contributed by atoms with Crippen LogP contribution in [0.5, 0.6) is 0 Å². The van der Waals surface area contributed by atoms with Crippen molar-refractivity contribution < 1.29 is 9.59 Å². The minimum atomic E-state index is -0.504. The van der Waals surface area contributed by atoms with Crippen LogP contribution >= 0.6 is 11.8 Å². The summed E-state index contributed by atoms with van der Waals surface area (Å²) in [6.07, 6.45) is 1.97. The number of rotatable bonds is 11. The Hall–Kier alpha value is -2.27. The van der Waals surface area contributed by atoms with Crippen LogP contribution in [0.4, 0.5) is 0 Å². The van der Waals surface area contributed by atoms with Crippen molar-refractivity contribution in [2.75, 3.05) is 12.3 Å². The van der Waals surface area contributed by atoms with Gasteiger partial charge in [-0.1, -0.05) is 73.0 Å². The van der Waals surface area contributed by atoms with Gasteiger partial charge in [0.1, 0.15) is 6.04 Å². The molecule has 0 aliphatic carbocycles. The number of hydrogen-bond acceptors (Lipinski definition) is 3. The number of unbranched alkanes of at least 4 members (excludes halogenated alkanes) is 1. The second-order valence-electron chi connectivity index (χ2n) is 7.81. The maximum Gasteiger partial charge on any atom is 0.242 e. The molecule has 0 fully saturated rings. The molecule has 1 atom stereocenters. The van der Waals surface area contributed by atoms with E-state index in [1.165, 1.54) is 16.7 Å². The molecule has 0 aliphatic heterocycles. The highest BCUT2D eigenvalue weighted by atomic mass is 32.2. The third-order valence-corrected chi connectivity index (χ3v) is 6.04. The van der Waals surface area contributed by atoms with Crippen LogP contribution in [0.3, 0.4) is 0 Å². The van der Waals surface area contributed by atoms with E-state index in [4.69, 9.17) is 0 Å². The normalized spacial score (nSPS) is 11.7. The number of nitrogens with one attached hydrogen (secondary N) is 1. The molecule has 0 bridgehead atoms. The van der Waals surface area contributed by atoms with Crippen LogP contribution in [0.1, 0.15) is 48.9 Å². The van der Waals surface area contributed by atoms with Crippen LogP contribution in [0.2, 0.25) is 0 Å². The summed E-state index contributed by atoms with van der Waals surface area (Å²) < 4.78 is 0. The molecule has 1 N–H and O–H groups in total. The summed E-state index contributed by atoms with van der Waals surface area (Å²) in [4.78, 5) is 27.4. The summed E-state index contributed by atoms with van der Waals surface area (Å²) >= 11 is 1.59. The standard InChI is InChI=1S/C25H34N2O2S/c1-5-6-14-26-25(29)21(4)27(16-22-12-10-19(2)11-13-22)24(28)18-30-17-23-9-7-8-20(3)15-23/h7-13,15,21H,5-6,14,16-18H2,1-4H3,(H,26,29)/t21-/m1/s1. The Morgan fingerprint density at radius 3 is 2.43 bits per heavy atom. The number of aryl methyl sites for hydroxylation is 2. The fourth-order valence-electron chi connectivity index (χ4n) is 3.15. The zero-order valence-corrected chi connectivity index (χ0v) is 19.4. The van der Waals surface area contributed by atoms with Gasteiger partial charge in [0.05, 0.1) is 5.75 Å². The largest absolute Gasteiger partial charge is 0.354 e. The van der Waals surface area contributed by atoms with E-state index in [9.17, 15) is 9.59 Å². The van der Waals surface area contributed by atoms with Gasteiger partial charge in [-0.25, -0.2) is 0 Å². The van der Waals surface area contributed by atoms with Gasteiger partial charge in [-0.2, -0.15) is 0 Å². The number of thioether (sulfide) groups is 1. The van der Waals surface area contributed by atoms with Crippen LogP contribution in [0.25, 0.3) is 0 Å². The SMILES string of the molecule is CCCCNC(=O)[C@@H](C)N(Cc1ccc(C)cc1)C(=O)CSCc1cccc(C)c1. The number of carbonyl (C=O) groups is 2. The number of benzene rings is 2. The Balaban J connectivity index is 2.03. The molecular weight excluding hydrogens is 392 g/mol. The zero-order chi connectivity index (χ0) is 21.9. The molecule has 2 aromatic carbocycles. The second-order valence-corrected chi connectivity index (χ2v) is 8.80. The Labute approximate surface area is 185 Å². The van der Waals surface area contributed by atoms with Gasteiger partial charge in [0, 0.05) is 18.8 Å². The topological polar surface area (TPSA) is 49.4 Å².